The number of likely N-dealkylation sites (N-methyl/N-ethyl adjacent to an activating group) is 2. The molecule has 1 unspecified atom stereocenters. The Morgan fingerprint density at radius 2 is 2.05 bits per heavy atom. The van der Waals surface area contributed by atoms with Crippen molar-refractivity contribution in [3.8, 4) is 0 Å². The van der Waals surface area contributed by atoms with Gasteiger partial charge in [-0.2, -0.15) is 0 Å². The number of pyridine rings is 1. The Morgan fingerprint density at radius 1 is 1.37 bits per heavy atom. The first-order valence-corrected chi connectivity index (χ1v) is 6.60. The van der Waals surface area contributed by atoms with Crippen molar-refractivity contribution in [1.29, 1.82) is 0 Å². The molecule has 2 rings (SSSR count). The Balaban J connectivity index is 1.99. The van der Waals surface area contributed by atoms with Gasteiger partial charge in [0.1, 0.15) is 6.04 Å². The van der Waals surface area contributed by atoms with E-state index in [9.17, 15) is 4.79 Å². The molecule has 5 heteroatoms. The van der Waals surface area contributed by atoms with E-state index in [0.717, 1.165) is 26.2 Å². The molecule has 1 saturated heterocycles. The van der Waals surface area contributed by atoms with Crippen molar-refractivity contribution in [2.45, 2.75) is 12.6 Å². The molecular weight excluding hydrogens is 240 g/mol. The third-order valence-electron chi connectivity index (χ3n) is 3.61. The predicted molar refractivity (Wildman–Crippen MR) is 74.6 cm³/mol. The topological polar surface area (TPSA) is 39.7 Å². The molecule has 0 radical (unpaired) electrons. The van der Waals surface area contributed by atoms with Gasteiger partial charge in [0, 0.05) is 52.7 Å². The Morgan fingerprint density at radius 3 is 2.68 bits per heavy atom. The molecular formula is C14H22N4O. The summed E-state index contributed by atoms with van der Waals surface area (Å²) in [6.07, 6.45) is 3.63. The second-order valence-electron chi connectivity index (χ2n) is 5.32. The molecule has 2 heterocycles. The number of hydrogen-bond acceptors (Lipinski definition) is 4. The van der Waals surface area contributed by atoms with Crippen molar-refractivity contribution in [2.24, 2.45) is 0 Å². The van der Waals surface area contributed by atoms with Crippen LogP contribution in [0.25, 0.3) is 0 Å². The van der Waals surface area contributed by atoms with E-state index in [1.54, 1.807) is 4.90 Å². The van der Waals surface area contributed by atoms with Crippen LogP contribution in [0, 0.1) is 0 Å². The van der Waals surface area contributed by atoms with Crippen LogP contribution in [0.3, 0.4) is 0 Å². The normalized spacial score (nSPS) is 21.3. The first kappa shape index (κ1) is 14.0. The van der Waals surface area contributed by atoms with Crippen LogP contribution >= 0.6 is 0 Å². The molecule has 1 aromatic heterocycles. The zero-order chi connectivity index (χ0) is 13.8. The number of hydrogen-bond donors (Lipinski definition) is 0. The van der Waals surface area contributed by atoms with E-state index in [0.29, 0.717) is 0 Å². The Bertz CT molecular complexity index is 421. The zero-order valence-electron chi connectivity index (χ0n) is 11.9. The van der Waals surface area contributed by atoms with E-state index in [4.69, 9.17) is 0 Å². The summed E-state index contributed by atoms with van der Waals surface area (Å²) in [5.74, 6) is 0.182. The smallest absolute Gasteiger partial charge is 0.240 e. The molecule has 0 bridgehead atoms. The van der Waals surface area contributed by atoms with Gasteiger partial charge in [0.2, 0.25) is 5.91 Å². The van der Waals surface area contributed by atoms with Gasteiger partial charge < -0.3 is 4.90 Å². The lowest BCUT2D eigenvalue weighted by Crippen LogP contribution is -2.57. The van der Waals surface area contributed by atoms with Gasteiger partial charge in [-0.05, 0) is 24.7 Å². The minimum Gasteiger partial charge on any atom is -0.347 e. The number of aromatic nitrogens is 1. The Kier molecular flexibility index (Phi) is 4.50. The Hall–Kier alpha value is -1.46. The van der Waals surface area contributed by atoms with Crippen molar-refractivity contribution >= 4 is 5.91 Å². The van der Waals surface area contributed by atoms with Crippen LogP contribution in [0.1, 0.15) is 5.56 Å². The summed E-state index contributed by atoms with van der Waals surface area (Å²) in [5, 5.41) is 0. The number of nitrogens with zero attached hydrogens (tertiary/aromatic N) is 4. The number of piperazine rings is 1. The molecule has 0 N–H and O–H groups in total. The predicted octanol–water partition coefficient (Wildman–Crippen LogP) is 0.286. The molecule has 1 aliphatic heterocycles. The van der Waals surface area contributed by atoms with Gasteiger partial charge in [-0.3, -0.25) is 19.6 Å². The molecule has 0 spiro atoms. The van der Waals surface area contributed by atoms with Crippen molar-refractivity contribution in [2.75, 3.05) is 40.8 Å². The molecule has 0 aliphatic carbocycles. The highest BCUT2D eigenvalue weighted by Crippen LogP contribution is 2.12. The first-order valence-electron chi connectivity index (χ1n) is 6.60. The van der Waals surface area contributed by atoms with Gasteiger partial charge in [-0.1, -0.05) is 0 Å². The third-order valence-corrected chi connectivity index (χ3v) is 3.61. The van der Waals surface area contributed by atoms with E-state index in [1.165, 1.54) is 5.56 Å². The number of rotatable bonds is 3. The van der Waals surface area contributed by atoms with Crippen LogP contribution in [0.4, 0.5) is 0 Å². The van der Waals surface area contributed by atoms with E-state index in [2.05, 4.69) is 14.8 Å². The number of carbonyl (C=O) groups is 1. The average Bonchev–Trinajstić information content (AvgIpc) is 2.41. The maximum atomic E-state index is 12.2. The molecule has 0 saturated carbocycles. The monoisotopic (exact) mass is 262 g/mol. The lowest BCUT2D eigenvalue weighted by molar-refractivity contribution is -0.136. The molecule has 19 heavy (non-hydrogen) atoms. The minimum absolute atomic E-state index is 0.0365. The quantitative estimate of drug-likeness (QED) is 0.785. The fourth-order valence-corrected chi connectivity index (χ4v) is 2.38. The van der Waals surface area contributed by atoms with Crippen LogP contribution in [-0.2, 0) is 11.3 Å². The second kappa shape index (κ2) is 6.12. The van der Waals surface area contributed by atoms with Crippen LogP contribution in [0.5, 0.6) is 0 Å². The molecule has 0 aromatic carbocycles. The van der Waals surface area contributed by atoms with Gasteiger partial charge in [0.15, 0.2) is 0 Å². The molecule has 1 amide bonds. The molecule has 1 aromatic rings. The largest absolute Gasteiger partial charge is 0.347 e. The van der Waals surface area contributed by atoms with Crippen molar-refractivity contribution in [3.05, 3.63) is 30.1 Å². The summed E-state index contributed by atoms with van der Waals surface area (Å²) >= 11 is 0. The number of carbonyl (C=O) groups excluding carboxylic acids is 1. The summed E-state index contributed by atoms with van der Waals surface area (Å²) in [6.45, 7) is 3.59. The third kappa shape index (κ3) is 3.52. The van der Waals surface area contributed by atoms with Crippen molar-refractivity contribution < 1.29 is 4.79 Å². The van der Waals surface area contributed by atoms with Crippen LogP contribution in [0.2, 0.25) is 0 Å². The van der Waals surface area contributed by atoms with Crippen LogP contribution in [-0.4, -0.2) is 72.4 Å². The van der Waals surface area contributed by atoms with E-state index < -0.39 is 0 Å². The lowest BCUT2D eigenvalue weighted by atomic mass is 10.1. The first-order chi connectivity index (χ1) is 9.08. The van der Waals surface area contributed by atoms with Gasteiger partial charge in [0.25, 0.3) is 0 Å². The lowest BCUT2D eigenvalue weighted by Gasteiger charge is -2.39. The minimum atomic E-state index is -0.0365. The highest BCUT2D eigenvalue weighted by molar-refractivity contribution is 5.81. The van der Waals surface area contributed by atoms with Crippen molar-refractivity contribution in [3.63, 3.8) is 0 Å². The van der Waals surface area contributed by atoms with E-state index in [-0.39, 0.29) is 11.9 Å². The van der Waals surface area contributed by atoms with E-state index >= 15 is 0 Å². The van der Waals surface area contributed by atoms with E-state index in [1.807, 2.05) is 45.7 Å². The van der Waals surface area contributed by atoms with Gasteiger partial charge >= 0.3 is 0 Å². The summed E-state index contributed by atoms with van der Waals surface area (Å²) in [7, 11) is 5.66. The maximum Gasteiger partial charge on any atom is 0.240 e. The fourth-order valence-electron chi connectivity index (χ4n) is 2.38. The SMILES string of the molecule is CN(C)C(=O)C1CN(Cc2ccncc2)CCN1C. The molecule has 104 valence electrons. The van der Waals surface area contributed by atoms with Gasteiger partial charge in [-0.25, -0.2) is 0 Å². The summed E-state index contributed by atoms with van der Waals surface area (Å²) in [5.41, 5.74) is 1.25. The van der Waals surface area contributed by atoms with Crippen LogP contribution in [0.15, 0.2) is 24.5 Å². The molecule has 1 aliphatic rings. The van der Waals surface area contributed by atoms with Gasteiger partial charge in [-0.15, -0.1) is 0 Å². The summed E-state index contributed by atoms with van der Waals surface area (Å²) < 4.78 is 0. The second-order valence-corrected chi connectivity index (χ2v) is 5.32. The Labute approximate surface area is 114 Å². The zero-order valence-corrected chi connectivity index (χ0v) is 11.9. The highest BCUT2D eigenvalue weighted by atomic mass is 16.2. The van der Waals surface area contributed by atoms with Gasteiger partial charge in [0.05, 0.1) is 0 Å². The fraction of sp³-hybridized carbons (Fsp3) is 0.571. The summed E-state index contributed by atoms with van der Waals surface area (Å²) in [6, 6.07) is 4.02. The summed E-state index contributed by atoms with van der Waals surface area (Å²) in [4.78, 5) is 22.3. The highest BCUT2D eigenvalue weighted by Gasteiger charge is 2.30. The standard InChI is InChI=1S/C14H22N4O/c1-16(2)14(19)13-11-18(9-8-17(13)3)10-12-4-6-15-7-5-12/h4-7,13H,8-11H2,1-3H3. The molecule has 1 fully saturated rings. The molecule has 5 nitrogen and oxygen atoms in total. The van der Waals surface area contributed by atoms with Crippen molar-refractivity contribution in [1.82, 2.24) is 19.7 Å². The molecule has 1 atom stereocenters. The average molecular weight is 262 g/mol. The number of amides is 1. The van der Waals surface area contributed by atoms with Crippen LogP contribution < -0.4 is 0 Å². The maximum absolute atomic E-state index is 12.2.